The van der Waals surface area contributed by atoms with Crippen LogP contribution in [0.2, 0.25) is 0 Å². The fraction of sp³-hybridized carbons (Fsp3) is 0.500. The maximum absolute atomic E-state index is 10.7. The highest BCUT2D eigenvalue weighted by Gasteiger charge is 2.09. The highest BCUT2D eigenvalue weighted by Crippen LogP contribution is 2.06. The molecule has 0 spiro atoms. The molecule has 1 rings (SSSR count). The Bertz CT molecular complexity index is 353. The van der Waals surface area contributed by atoms with Crippen LogP contribution in [0.4, 0.5) is 5.95 Å². The van der Waals surface area contributed by atoms with Gasteiger partial charge in [-0.15, -0.1) is 0 Å². The molecule has 0 radical (unpaired) electrons. The van der Waals surface area contributed by atoms with Crippen LogP contribution in [0.5, 0.6) is 0 Å². The van der Waals surface area contributed by atoms with Gasteiger partial charge < -0.3 is 10.4 Å². The Morgan fingerprint density at radius 1 is 1.60 bits per heavy atom. The van der Waals surface area contributed by atoms with Crippen molar-refractivity contribution >= 4 is 11.9 Å². The molecule has 0 bridgehead atoms. The number of hydrogen-bond donors (Lipinski definition) is 2. The summed E-state index contributed by atoms with van der Waals surface area (Å²) in [5, 5.41) is 11.8. The first-order chi connectivity index (χ1) is 7.15. The van der Waals surface area contributed by atoms with Crippen molar-refractivity contribution in [1.82, 2.24) is 9.97 Å². The van der Waals surface area contributed by atoms with E-state index in [1.807, 2.05) is 0 Å². The molecule has 0 aliphatic rings. The summed E-state index contributed by atoms with van der Waals surface area (Å²) in [5.74, 6) is -0.501. The number of unbranched alkanes of at least 4 members (excludes halogenated alkanes) is 1. The average Bonchev–Trinajstić information content (AvgIpc) is 2.17. The van der Waals surface area contributed by atoms with Crippen LogP contribution in [0.25, 0.3) is 0 Å². The minimum atomic E-state index is -0.993. The summed E-state index contributed by atoms with van der Waals surface area (Å²) >= 11 is 0. The summed E-state index contributed by atoms with van der Waals surface area (Å²) < 4.78 is 0. The number of nitrogens with one attached hydrogen (secondary N) is 1. The van der Waals surface area contributed by atoms with Crippen LogP contribution < -0.4 is 5.32 Å². The number of aromatic carboxylic acids is 1. The highest BCUT2D eigenvalue weighted by atomic mass is 16.4. The maximum atomic E-state index is 10.7. The second-order valence-corrected chi connectivity index (χ2v) is 3.28. The summed E-state index contributed by atoms with van der Waals surface area (Å²) in [6.45, 7) is 4.57. The molecule has 1 aromatic heterocycles. The number of hydrogen-bond acceptors (Lipinski definition) is 4. The molecule has 0 unspecified atom stereocenters. The Labute approximate surface area is 88.6 Å². The van der Waals surface area contributed by atoms with Crippen LogP contribution in [-0.4, -0.2) is 27.6 Å². The van der Waals surface area contributed by atoms with Crippen LogP contribution in [0.15, 0.2) is 6.20 Å². The molecular weight excluding hydrogens is 194 g/mol. The maximum Gasteiger partial charge on any atom is 0.339 e. The Morgan fingerprint density at radius 2 is 2.33 bits per heavy atom. The number of carboxylic acids is 1. The molecule has 0 aliphatic heterocycles. The van der Waals surface area contributed by atoms with Crippen molar-refractivity contribution in [3.8, 4) is 0 Å². The SMILES string of the molecule is CCCCNc1ncc(C(=O)O)c(C)n1. The number of carboxylic acid groups (broad SMARTS) is 1. The molecule has 2 N–H and O–H groups in total. The number of nitrogens with zero attached hydrogens (tertiary/aromatic N) is 2. The third-order valence-electron chi connectivity index (χ3n) is 2.02. The van der Waals surface area contributed by atoms with Crippen LogP contribution in [0.1, 0.15) is 35.8 Å². The summed E-state index contributed by atoms with van der Waals surface area (Å²) in [6, 6.07) is 0. The summed E-state index contributed by atoms with van der Waals surface area (Å²) in [7, 11) is 0. The predicted octanol–water partition coefficient (Wildman–Crippen LogP) is 1.70. The predicted molar refractivity (Wildman–Crippen MR) is 57.1 cm³/mol. The Hall–Kier alpha value is -1.65. The molecule has 82 valence electrons. The van der Waals surface area contributed by atoms with Gasteiger partial charge in [0.15, 0.2) is 0 Å². The third-order valence-corrected chi connectivity index (χ3v) is 2.02. The van der Waals surface area contributed by atoms with Gasteiger partial charge in [-0.05, 0) is 13.3 Å². The molecule has 0 aromatic carbocycles. The molecule has 1 heterocycles. The van der Waals surface area contributed by atoms with Crippen LogP contribution in [0, 0.1) is 6.92 Å². The molecule has 0 saturated carbocycles. The number of carbonyl (C=O) groups is 1. The van der Waals surface area contributed by atoms with Gasteiger partial charge in [0.2, 0.25) is 5.95 Å². The zero-order valence-corrected chi connectivity index (χ0v) is 8.95. The minimum Gasteiger partial charge on any atom is -0.478 e. The molecule has 1 aromatic rings. The van der Waals surface area contributed by atoms with Crippen LogP contribution in [0.3, 0.4) is 0 Å². The van der Waals surface area contributed by atoms with E-state index in [-0.39, 0.29) is 5.56 Å². The van der Waals surface area contributed by atoms with Crippen molar-refractivity contribution in [1.29, 1.82) is 0 Å². The van der Waals surface area contributed by atoms with E-state index in [9.17, 15) is 4.79 Å². The molecule has 5 heteroatoms. The minimum absolute atomic E-state index is 0.149. The van der Waals surface area contributed by atoms with Crippen molar-refractivity contribution in [3.05, 3.63) is 17.5 Å². The normalized spacial score (nSPS) is 10.0. The van der Waals surface area contributed by atoms with Gasteiger partial charge in [-0.3, -0.25) is 0 Å². The van der Waals surface area contributed by atoms with Crippen LogP contribution in [-0.2, 0) is 0 Å². The smallest absolute Gasteiger partial charge is 0.339 e. The van der Waals surface area contributed by atoms with Crippen molar-refractivity contribution in [3.63, 3.8) is 0 Å². The standard InChI is InChI=1S/C10H15N3O2/c1-3-4-5-11-10-12-6-8(9(14)15)7(2)13-10/h6H,3-5H2,1-2H3,(H,14,15)(H,11,12,13). The van der Waals surface area contributed by atoms with E-state index in [1.165, 1.54) is 6.20 Å². The van der Waals surface area contributed by atoms with Gasteiger partial charge in [-0.1, -0.05) is 13.3 Å². The Balaban J connectivity index is 2.69. The Morgan fingerprint density at radius 3 is 2.87 bits per heavy atom. The van der Waals surface area contributed by atoms with E-state index in [1.54, 1.807) is 6.92 Å². The second kappa shape index (κ2) is 5.29. The largest absolute Gasteiger partial charge is 0.478 e. The zero-order valence-electron chi connectivity index (χ0n) is 8.95. The summed E-state index contributed by atoms with van der Waals surface area (Å²) in [4.78, 5) is 18.7. The number of rotatable bonds is 5. The lowest BCUT2D eigenvalue weighted by molar-refractivity contribution is 0.0695. The quantitative estimate of drug-likeness (QED) is 0.722. The van der Waals surface area contributed by atoms with Crippen molar-refractivity contribution in [2.24, 2.45) is 0 Å². The van der Waals surface area contributed by atoms with Crippen molar-refractivity contribution in [2.75, 3.05) is 11.9 Å². The van der Waals surface area contributed by atoms with Crippen molar-refractivity contribution in [2.45, 2.75) is 26.7 Å². The molecule has 5 nitrogen and oxygen atoms in total. The van der Waals surface area contributed by atoms with Gasteiger partial charge in [0, 0.05) is 12.7 Å². The van der Waals surface area contributed by atoms with E-state index >= 15 is 0 Å². The fourth-order valence-corrected chi connectivity index (χ4v) is 1.14. The van der Waals surface area contributed by atoms with Crippen LogP contribution >= 0.6 is 0 Å². The number of anilines is 1. The fourth-order valence-electron chi connectivity index (χ4n) is 1.14. The number of aromatic nitrogens is 2. The van der Waals surface area contributed by atoms with E-state index in [0.717, 1.165) is 19.4 Å². The summed E-state index contributed by atoms with van der Waals surface area (Å²) in [6.07, 6.45) is 3.47. The molecule has 0 aliphatic carbocycles. The first kappa shape index (κ1) is 11.4. The van der Waals surface area contributed by atoms with E-state index in [4.69, 9.17) is 5.11 Å². The lowest BCUT2D eigenvalue weighted by Crippen LogP contribution is -2.09. The second-order valence-electron chi connectivity index (χ2n) is 3.28. The molecule has 0 fully saturated rings. The first-order valence-corrected chi connectivity index (χ1v) is 4.96. The average molecular weight is 209 g/mol. The molecule has 0 atom stereocenters. The van der Waals surface area contributed by atoms with Gasteiger partial charge in [0.25, 0.3) is 0 Å². The number of aryl methyl sites for hydroxylation is 1. The van der Waals surface area contributed by atoms with E-state index in [2.05, 4.69) is 22.2 Å². The molecule has 15 heavy (non-hydrogen) atoms. The Kier molecular flexibility index (Phi) is 4.03. The topological polar surface area (TPSA) is 75.1 Å². The van der Waals surface area contributed by atoms with Gasteiger partial charge >= 0.3 is 5.97 Å². The monoisotopic (exact) mass is 209 g/mol. The summed E-state index contributed by atoms with van der Waals surface area (Å²) in [5.41, 5.74) is 0.632. The van der Waals surface area contributed by atoms with Crippen molar-refractivity contribution < 1.29 is 9.90 Å². The lowest BCUT2D eigenvalue weighted by Gasteiger charge is -2.05. The van der Waals surface area contributed by atoms with Gasteiger partial charge in [0.05, 0.1) is 11.3 Å². The van der Waals surface area contributed by atoms with Gasteiger partial charge in [-0.2, -0.15) is 0 Å². The zero-order chi connectivity index (χ0) is 11.3. The highest BCUT2D eigenvalue weighted by molar-refractivity contribution is 5.88. The van der Waals surface area contributed by atoms with E-state index < -0.39 is 5.97 Å². The molecule has 0 saturated heterocycles. The van der Waals surface area contributed by atoms with Gasteiger partial charge in [-0.25, -0.2) is 14.8 Å². The first-order valence-electron chi connectivity index (χ1n) is 4.96. The third kappa shape index (κ3) is 3.19. The van der Waals surface area contributed by atoms with E-state index in [0.29, 0.717) is 11.6 Å². The molecular formula is C10H15N3O2. The molecule has 0 amide bonds. The van der Waals surface area contributed by atoms with Gasteiger partial charge in [0.1, 0.15) is 0 Å². The lowest BCUT2D eigenvalue weighted by atomic mass is 10.2.